The van der Waals surface area contributed by atoms with Gasteiger partial charge in [0.05, 0.1) is 21.3 Å². The normalized spacial score (nSPS) is 10.4. The van der Waals surface area contributed by atoms with E-state index in [1.165, 1.54) is 39.5 Å². The summed E-state index contributed by atoms with van der Waals surface area (Å²) in [5.74, 6) is 0.249. The summed E-state index contributed by atoms with van der Waals surface area (Å²) in [6, 6.07) is 19.3. The lowest BCUT2D eigenvalue weighted by atomic mass is 9.96. The first-order valence-electron chi connectivity index (χ1n) is 12.1. The fourth-order valence-electron chi connectivity index (χ4n) is 4.15. The van der Waals surface area contributed by atoms with Gasteiger partial charge in [0.25, 0.3) is 0 Å². The van der Waals surface area contributed by atoms with Gasteiger partial charge in [-0.3, -0.25) is 0 Å². The molecule has 0 heterocycles. The Labute approximate surface area is 234 Å². The second-order valence-corrected chi connectivity index (χ2v) is 8.49. The number of hydrogen-bond donors (Lipinski definition) is 0. The SMILES string of the molecule is C=CC(=O)Oc1ccc(-c2ccc(-c3ccc(-c4ccc(OC)c(OC)c4)cc3F)cc2OC=C(F)F)cc1OC. The minimum Gasteiger partial charge on any atom is -0.493 e. The molecule has 6 nitrogen and oxygen atoms in total. The van der Waals surface area contributed by atoms with Gasteiger partial charge < -0.3 is 23.7 Å². The molecule has 0 aliphatic heterocycles. The van der Waals surface area contributed by atoms with Crippen molar-refractivity contribution < 1.29 is 41.7 Å². The third kappa shape index (κ3) is 6.52. The van der Waals surface area contributed by atoms with Crippen molar-refractivity contribution in [1.29, 1.82) is 0 Å². The molecule has 0 aliphatic carbocycles. The smallest absolute Gasteiger partial charge is 0.335 e. The second kappa shape index (κ2) is 12.8. The molecule has 0 radical (unpaired) electrons. The average Bonchev–Trinajstić information content (AvgIpc) is 2.99. The van der Waals surface area contributed by atoms with Crippen molar-refractivity contribution in [2.75, 3.05) is 21.3 Å². The predicted molar refractivity (Wildman–Crippen MR) is 149 cm³/mol. The molecule has 0 bridgehead atoms. The van der Waals surface area contributed by atoms with Gasteiger partial charge in [-0.1, -0.05) is 43.0 Å². The van der Waals surface area contributed by atoms with Crippen LogP contribution in [0.25, 0.3) is 33.4 Å². The van der Waals surface area contributed by atoms with Crippen LogP contribution >= 0.6 is 0 Å². The van der Waals surface area contributed by atoms with E-state index in [2.05, 4.69) is 6.58 Å². The molecule has 0 spiro atoms. The minimum atomic E-state index is -2.05. The Kier molecular flexibility index (Phi) is 8.98. The molecular weight excluding hydrogens is 537 g/mol. The highest BCUT2D eigenvalue weighted by atomic mass is 19.3. The maximum Gasteiger partial charge on any atom is 0.335 e. The minimum absolute atomic E-state index is 0.0385. The van der Waals surface area contributed by atoms with Crippen LogP contribution in [0.15, 0.2) is 97.8 Å². The number of carbonyl (C=O) groups is 1. The van der Waals surface area contributed by atoms with Gasteiger partial charge in [0.1, 0.15) is 11.6 Å². The standard InChI is InChI=1S/C32H25F3O6/c1-5-32(36)41-27-13-9-22(17-30(27)39-4)24-11-7-21(16-28(24)40-18-31(34)35)23-10-6-19(14-25(23)33)20-8-12-26(37-2)29(15-20)38-3/h5-18H,1H2,2-4H3. The number of ether oxygens (including phenoxy) is 5. The fraction of sp³-hybridized carbons (Fsp3) is 0.0938. The molecule has 4 aromatic rings. The molecule has 0 aromatic heterocycles. The summed E-state index contributed by atoms with van der Waals surface area (Å²) >= 11 is 0. The molecule has 0 amide bonds. The summed E-state index contributed by atoms with van der Waals surface area (Å²) in [4.78, 5) is 11.6. The van der Waals surface area contributed by atoms with Crippen molar-refractivity contribution in [1.82, 2.24) is 0 Å². The molecule has 0 aliphatic rings. The Balaban J connectivity index is 1.74. The molecule has 4 rings (SSSR count). The Morgan fingerprint density at radius 1 is 0.659 bits per heavy atom. The Bertz CT molecular complexity index is 1630. The molecular formula is C32H25F3O6. The number of carbonyl (C=O) groups excluding carboxylic acids is 1. The molecule has 0 unspecified atom stereocenters. The van der Waals surface area contributed by atoms with Gasteiger partial charge >= 0.3 is 12.0 Å². The highest BCUT2D eigenvalue weighted by molar-refractivity contribution is 5.84. The number of esters is 1. The lowest BCUT2D eigenvalue weighted by Crippen LogP contribution is -2.04. The zero-order chi connectivity index (χ0) is 29.5. The van der Waals surface area contributed by atoms with Crippen LogP contribution < -0.4 is 23.7 Å². The van der Waals surface area contributed by atoms with Crippen LogP contribution in [-0.2, 0) is 4.79 Å². The molecule has 0 fully saturated rings. The van der Waals surface area contributed by atoms with Gasteiger partial charge in [0.2, 0.25) is 0 Å². The van der Waals surface area contributed by atoms with Crippen LogP contribution in [0.1, 0.15) is 0 Å². The summed E-state index contributed by atoms with van der Waals surface area (Å²) in [6.07, 6.45) is -0.734. The summed E-state index contributed by atoms with van der Waals surface area (Å²) in [5.41, 5.74) is 2.88. The first-order valence-corrected chi connectivity index (χ1v) is 12.1. The first kappa shape index (κ1) is 28.8. The van der Waals surface area contributed by atoms with E-state index in [9.17, 15) is 13.6 Å². The lowest BCUT2D eigenvalue weighted by Gasteiger charge is -2.15. The van der Waals surface area contributed by atoms with E-state index in [0.717, 1.165) is 6.08 Å². The fourth-order valence-corrected chi connectivity index (χ4v) is 4.15. The van der Waals surface area contributed by atoms with Crippen molar-refractivity contribution in [2.24, 2.45) is 0 Å². The summed E-state index contributed by atoms with van der Waals surface area (Å²) < 4.78 is 67.7. The van der Waals surface area contributed by atoms with E-state index in [1.807, 2.05) is 0 Å². The topological polar surface area (TPSA) is 63.2 Å². The molecule has 0 N–H and O–H groups in total. The summed E-state index contributed by atoms with van der Waals surface area (Å²) in [6.45, 7) is 3.36. The van der Waals surface area contributed by atoms with E-state index >= 15 is 4.39 Å². The maximum atomic E-state index is 15.4. The number of rotatable bonds is 10. The van der Waals surface area contributed by atoms with Gasteiger partial charge in [0.15, 0.2) is 29.3 Å². The third-order valence-corrected chi connectivity index (χ3v) is 6.11. The Morgan fingerprint density at radius 2 is 1.17 bits per heavy atom. The van der Waals surface area contributed by atoms with E-state index in [-0.39, 0.29) is 22.8 Å². The second-order valence-electron chi connectivity index (χ2n) is 8.49. The van der Waals surface area contributed by atoms with Gasteiger partial charge in [-0.2, -0.15) is 8.78 Å². The Hall–Kier alpha value is -5.18. The highest BCUT2D eigenvalue weighted by Crippen LogP contribution is 2.40. The van der Waals surface area contributed by atoms with Crippen molar-refractivity contribution in [3.05, 3.63) is 104 Å². The number of halogens is 3. The Morgan fingerprint density at radius 3 is 1.83 bits per heavy atom. The zero-order valence-electron chi connectivity index (χ0n) is 22.4. The quantitative estimate of drug-likeness (QED) is 0.0843. The summed E-state index contributed by atoms with van der Waals surface area (Å²) in [5, 5.41) is 0. The summed E-state index contributed by atoms with van der Waals surface area (Å²) in [7, 11) is 4.43. The highest BCUT2D eigenvalue weighted by Gasteiger charge is 2.16. The van der Waals surface area contributed by atoms with E-state index < -0.39 is 17.9 Å². The van der Waals surface area contributed by atoms with Gasteiger partial charge in [-0.25, -0.2) is 9.18 Å². The lowest BCUT2D eigenvalue weighted by molar-refractivity contribution is -0.129. The van der Waals surface area contributed by atoms with E-state index in [4.69, 9.17) is 23.7 Å². The van der Waals surface area contributed by atoms with Crippen LogP contribution in [0.3, 0.4) is 0 Å². The van der Waals surface area contributed by atoms with Crippen LogP contribution in [0.5, 0.6) is 28.7 Å². The van der Waals surface area contributed by atoms with E-state index in [1.54, 1.807) is 54.6 Å². The third-order valence-electron chi connectivity index (χ3n) is 6.11. The van der Waals surface area contributed by atoms with Crippen LogP contribution in [-0.4, -0.2) is 27.3 Å². The van der Waals surface area contributed by atoms with Crippen LogP contribution in [0.2, 0.25) is 0 Å². The van der Waals surface area contributed by atoms with E-state index in [0.29, 0.717) is 45.6 Å². The van der Waals surface area contributed by atoms with Crippen LogP contribution in [0, 0.1) is 5.82 Å². The average molecular weight is 563 g/mol. The van der Waals surface area contributed by atoms with Gasteiger partial charge in [0, 0.05) is 17.2 Å². The van der Waals surface area contributed by atoms with Gasteiger partial charge in [-0.15, -0.1) is 0 Å². The van der Waals surface area contributed by atoms with Crippen molar-refractivity contribution in [3.63, 3.8) is 0 Å². The first-order chi connectivity index (χ1) is 19.8. The maximum absolute atomic E-state index is 15.4. The zero-order valence-corrected chi connectivity index (χ0v) is 22.4. The largest absolute Gasteiger partial charge is 0.493 e. The predicted octanol–water partition coefficient (Wildman–Crippen LogP) is 8.06. The van der Waals surface area contributed by atoms with Crippen molar-refractivity contribution >= 4 is 5.97 Å². The van der Waals surface area contributed by atoms with Crippen molar-refractivity contribution in [2.45, 2.75) is 0 Å². The molecule has 41 heavy (non-hydrogen) atoms. The molecule has 4 aromatic carbocycles. The van der Waals surface area contributed by atoms with Gasteiger partial charge in [-0.05, 0) is 58.7 Å². The number of benzene rings is 4. The molecule has 0 atom stereocenters. The number of hydrogen-bond acceptors (Lipinski definition) is 6. The monoisotopic (exact) mass is 562 g/mol. The molecule has 0 saturated heterocycles. The van der Waals surface area contributed by atoms with Crippen LogP contribution in [0.4, 0.5) is 13.2 Å². The number of methoxy groups -OCH3 is 3. The molecule has 210 valence electrons. The molecule has 9 heteroatoms. The molecule has 0 saturated carbocycles. The van der Waals surface area contributed by atoms with Crippen molar-refractivity contribution in [3.8, 4) is 62.1 Å².